The van der Waals surface area contributed by atoms with Crippen LogP contribution in [0.1, 0.15) is 41.0 Å². The van der Waals surface area contributed by atoms with Crippen molar-refractivity contribution < 1.29 is 28.8 Å². The molecular formula is C26H25N3O7. The fraction of sp³-hybridized carbons (Fsp3) is 0.308. The molecule has 0 radical (unpaired) electrons. The number of benzene rings is 2. The summed E-state index contributed by atoms with van der Waals surface area (Å²) in [6.45, 7) is 3.27. The van der Waals surface area contributed by atoms with Gasteiger partial charge in [0.1, 0.15) is 11.8 Å². The molecule has 3 amide bonds. The third kappa shape index (κ3) is 4.26. The van der Waals surface area contributed by atoms with Crippen molar-refractivity contribution in [2.45, 2.75) is 26.3 Å². The van der Waals surface area contributed by atoms with Crippen LogP contribution in [0.2, 0.25) is 0 Å². The van der Waals surface area contributed by atoms with E-state index in [0.717, 1.165) is 22.2 Å². The normalized spacial score (nSPS) is 21.6. The molecule has 0 aromatic heterocycles. The van der Waals surface area contributed by atoms with E-state index in [1.165, 1.54) is 38.3 Å². The van der Waals surface area contributed by atoms with E-state index in [1.807, 2.05) is 19.1 Å². The van der Waals surface area contributed by atoms with E-state index in [2.05, 4.69) is 0 Å². The average Bonchev–Trinajstić information content (AvgIpc) is 3.14. The minimum atomic E-state index is -1.22. The molecule has 10 nitrogen and oxygen atoms in total. The van der Waals surface area contributed by atoms with Gasteiger partial charge in [0.25, 0.3) is 23.4 Å². The van der Waals surface area contributed by atoms with Crippen LogP contribution in [0.3, 0.4) is 0 Å². The van der Waals surface area contributed by atoms with Crippen LogP contribution in [-0.2, 0) is 9.59 Å². The summed E-state index contributed by atoms with van der Waals surface area (Å²) in [6, 6.07) is 9.81. The zero-order valence-corrected chi connectivity index (χ0v) is 20.0. The number of non-ortho nitro benzene ring substituents is 1. The Balaban J connectivity index is 1.74. The molecule has 186 valence electrons. The molecular weight excluding hydrogens is 466 g/mol. The molecule has 10 heteroatoms. The van der Waals surface area contributed by atoms with Crippen LogP contribution in [0.15, 0.2) is 60.7 Å². The van der Waals surface area contributed by atoms with Gasteiger partial charge in [0.15, 0.2) is 5.78 Å². The number of nitro groups is 1. The Morgan fingerprint density at radius 1 is 1.06 bits per heavy atom. The number of fused-ring (bicyclic) bond motifs is 1. The second kappa shape index (κ2) is 9.73. The smallest absolute Gasteiger partial charge is 0.273 e. The lowest BCUT2D eigenvalue weighted by atomic mass is 9.78. The first-order valence-corrected chi connectivity index (χ1v) is 11.5. The number of rotatable bonds is 7. The van der Waals surface area contributed by atoms with E-state index in [1.54, 1.807) is 12.1 Å². The standard InChI is InChI=1S/C26H25N3O7/c1-15-5-4-6-21-22(15)26(33)28(25(21)32)27(24(31)18-7-11-19(12-8-18)29(34)35)16(2)23(30)17-9-13-20(36-3)14-10-17/h4-5,7-16,21-22H,6H2,1-3H3/t15-,16-,21+,22-/m0/s1. The summed E-state index contributed by atoms with van der Waals surface area (Å²) < 4.78 is 5.13. The van der Waals surface area contributed by atoms with Crippen molar-refractivity contribution in [2.24, 2.45) is 17.8 Å². The van der Waals surface area contributed by atoms with Gasteiger partial charge in [-0.2, -0.15) is 5.01 Å². The van der Waals surface area contributed by atoms with E-state index < -0.39 is 46.3 Å². The third-order valence-corrected chi connectivity index (χ3v) is 6.72. The molecule has 2 aromatic rings. The number of hydrogen-bond donors (Lipinski definition) is 0. The molecule has 4 atom stereocenters. The van der Waals surface area contributed by atoms with Gasteiger partial charge in [0.2, 0.25) is 0 Å². The van der Waals surface area contributed by atoms with Crippen molar-refractivity contribution in [1.29, 1.82) is 0 Å². The molecule has 0 saturated carbocycles. The maximum Gasteiger partial charge on any atom is 0.273 e. The summed E-state index contributed by atoms with van der Waals surface area (Å²) in [5.41, 5.74) is 0.0349. The number of carbonyl (C=O) groups excluding carboxylic acids is 4. The fourth-order valence-corrected chi connectivity index (χ4v) is 4.75. The molecule has 4 rings (SSSR count). The molecule has 1 saturated heterocycles. The summed E-state index contributed by atoms with van der Waals surface area (Å²) in [5, 5.41) is 12.7. The van der Waals surface area contributed by atoms with Crippen LogP contribution in [0, 0.1) is 27.9 Å². The number of nitrogens with zero attached hydrogens (tertiary/aromatic N) is 3. The van der Waals surface area contributed by atoms with Gasteiger partial charge in [-0.3, -0.25) is 29.3 Å². The van der Waals surface area contributed by atoms with Crippen molar-refractivity contribution in [3.63, 3.8) is 0 Å². The first-order valence-electron chi connectivity index (χ1n) is 11.5. The lowest BCUT2D eigenvalue weighted by molar-refractivity contribution is -0.384. The summed E-state index contributed by atoms with van der Waals surface area (Å²) in [6.07, 6.45) is 4.07. The molecule has 2 aromatic carbocycles. The van der Waals surface area contributed by atoms with Crippen LogP contribution in [-0.4, -0.2) is 51.6 Å². The van der Waals surface area contributed by atoms with E-state index in [-0.39, 0.29) is 22.7 Å². The Labute approximate surface area is 207 Å². The second-order valence-electron chi connectivity index (χ2n) is 8.87. The van der Waals surface area contributed by atoms with E-state index in [9.17, 15) is 29.3 Å². The van der Waals surface area contributed by atoms with Gasteiger partial charge < -0.3 is 4.74 Å². The molecule has 0 N–H and O–H groups in total. The van der Waals surface area contributed by atoms with Crippen LogP contribution in [0.4, 0.5) is 5.69 Å². The lowest BCUT2D eigenvalue weighted by Crippen LogP contribution is -2.56. The monoisotopic (exact) mass is 491 g/mol. The Hall–Kier alpha value is -4.34. The zero-order chi connectivity index (χ0) is 26.1. The minimum absolute atomic E-state index is 0.00312. The number of ketones is 1. The second-order valence-corrected chi connectivity index (χ2v) is 8.87. The van der Waals surface area contributed by atoms with Gasteiger partial charge in [-0.25, -0.2) is 5.01 Å². The summed E-state index contributed by atoms with van der Waals surface area (Å²) in [4.78, 5) is 64.5. The van der Waals surface area contributed by atoms with Crippen molar-refractivity contribution in [3.8, 4) is 5.75 Å². The summed E-state index contributed by atoms with van der Waals surface area (Å²) in [7, 11) is 1.49. The highest BCUT2D eigenvalue weighted by Gasteiger charge is 2.54. The average molecular weight is 492 g/mol. The number of ether oxygens (including phenoxy) is 1. The van der Waals surface area contributed by atoms with Crippen LogP contribution in [0.5, 0.6) is 5.75 Å². The van der Waals surface area contributed by atoms with Crippen molar-refractivity contribution in [3.05, 3.63) is 81.9 Å². The zero-order valence-electron chi connectivity index (χ0n) is 20.0. The van der Waals surface area contributed by atoms with Gasteiger partial charge in [-0.1, -0.05) is 19.1 Å². The number of Topliss-reactive ketones (excluding diaryl/α,β-unsaturated/α-hetero) is 1. The number of methoxy groups -OCH3 is 1. The maximum atomic E-state index is 13.7. The number of allylic oxidation sites excluding steroid dienone is 2. The SMILES string of the molecule is COc1ccc(C(=O)[C@H](C)N(C(=O)c2ccc([N+](=O)[O-])cc2)N2C(=O)[C@H]3[C@@H](C)C=CC[C@H]3C2=O)cc1. The first kappa shape index (κ1) is 24.8. The molecule has 1 heterocycles. The molecule has 36 heavy (non-hydrogen) atoms. The molecule has 1 aliphatic carbocycles. The van der Waals surface area contributed by atoms with Crippen molar-refractivity contribution in [1.82, 2.24) is 10.0 Å². The Morgan fingerprint density at radius 3 is 2.22 bits per heavy atom. The topological polar surface area (TPSA) is 127 Å². The molecule has 2 aliphatic rings. The number of amides is 3. The van der Waals surface area contributed by atoms with Gasteiger partial charge in [0, 0.05) is 23.3 Å². The van der Waals surface area contributed by atoms with Gasteiger partial charge in [-0.15, -0.1) is 0 Å². The van der Waals surface area contributed by atoms with Gasteiger partial charge in [0.05, 0.1) is 23.9 Å². The number of nitro benzene ring substituents is 1. The molecule has 1 fully saturated rings. The largest absolute Gasteiger partial charge is 0.497 e. The fourth-order valence-electron chi connectivity index (χ4n) is 4.75. The predicted octanol–water partition coefficient (Wildman–Crippen LogP) is 3.43. The van der Waals surface area contributed by atoms with Gasteiger partial charge >= 0.3 is 0 Å². The lowest BCUT2D eigenvalue weighted by Gasteiger charge is -2.34. The quantitative estimate of drug-likeness (QED) is 0.191. The third-order valence-electron chi connectivity index (χ3n) is 6.72. The summed E-state index contributed by atoms with van der Waals surface area (Å²) in [5.74, 6) is -3.33. The number of carbonyl (C=O) groups is 4. The molecule has 0 spiro atoms. The minimum Gasteiger partial charge on any atom is -0.497 e. The van der Waals surface area contributed by atoms with Gasteiger partial charge in [-0.05, 0) is 55.7 Å². The predicted molar refractivity (Wildman–Crippen MR) is 128 cm³/mol. The highest BCUT2D eigenvalue weighted by molar-refractivity contribution is 6.10. The van der Waals surface area contributed by atoms with Crippen LogP contribution < -0.4 is 4.74 Å². The van der Waals surface area contributed by atoms with Crippen LogP contribution in [0.25, 0.3) is 0 Å². The molecule has 1 aliphatic heterocycles. The van der Waals surface area contributed by atoms with E-state index in [0.29, 0.717) is 12.2 Å². The number of hydrazine groups is 1. The van der Waals surface area contributed by atoms with Crippen molar-refractivity contribution in [2.75, 3.05) is 7.11 Å². The Bertz CT molecular complexity index is 1250. The van der Waals surface area contributed by atoms with Crippen molar-refractivity contribution >= 4 is 29.2 Å². The Kier molecular flexibility index (Phi) is 6.69. The number of imide groups is 1. The molecule has 0 unspecified atom stereocenters. The maximum absolute atomic E-state index is 13.7. The number of hydrogen-bond acceptors (Lipinski definition) is 7. The highest BCUT2D eigenvalue weighted by atomic mass is 16.6. The molecule has 0 bridgehead atoms. The first-order chi connectivity index (χ1) is 17.1. The summed E-state index contributed by atoms with van der Waals surface area (Å²) >= 11 is 0. The highest BCUT2D eigenvalue weighted by Crippen LogP contribution is 2.40. The Morgan fingerprint density at radius 2 is 1.67 bits per heavy atom. The van der Waals surface area contributed by atoms with Crippen LogP contribution >= 0.6 is 0 Å². The van der Waals surface area contributed by atoms with E-state index in [4.69, 9.17) is 4.74 Å². The van der Waals surface area contributed by atoms with E-state index >= 15 is 0 Å².